The molecule has 1 aliphatic rings. The van der Waals surface area contributed by atoms with E-state index in [1.165, 1.54) is 11.0 Å². The average molecular weight is 195 g/mol. The first-order chi connectivity index (χ1) is 6.77. The van der Waals surface area contributed by atoms with E-state index in [0.29, 0.717) is 5.82 Å². The van der Waals surface area contributed by atoms with Crippen LogP contribution in [0.15, 0.2) is 6.20 Å². The summed E-state index contributed by atoms with van der Waals surface area (Å²) in [5.41, 5.74) is 5.44. The van der Waals surface area contributed by atoms with Gasteiger partial charge < -0.3 is 11.1 Å². The maximum absolute atomic E-state index is 11.6. The van der Waals surface area contributed by atoms with E-state index in [1.54, 1.807) is 0 Å². The molecule has 0 bridgehead atoms. The Kier molecular flexibility index (Phi) is 2.34. The predicted octanol–water partition coefficient (Wildman–Crippen LogP) is -0.299. The third-order valence-corrected chi connectivity index (χ3v) is 2.31. The van der Waals surface area contributed by atoms with Gasteiger partial charge in [0.1, 0.15) is 6.04 Å². The van der Waals surface area contributed by atoms with Crippen molar-refractivity contribution in [3.05, 3.63) is 6.20 Å². The van der Waals surface area contributed by atoms with Gasteiger partial charge in [-0.1, -0.05) is 0 Å². The Labute approximate surface area is 81.5 Å². The minimum atomic E-state index is -0.296. The van der Waals surface area contributed by atoms with Crippen molar-refractivity contribution < 1.29 is 4.79 Å². The van der Waals surface area contributed by atoms with Crippen LogP contribution in [0.1, 0.15) is 25.3 Å². The van der Waals surface area contributed by atoms with Crippen LogP contribution in [0.25, 0.3) is 0 Å². The number of anilines is 1. The quantitative estimate of drug-likeness (QED) is 0.644. The fraction of sp³-hybridized carbons (Fsp3) is 0.625. The Bertz CT molecular complexity index is 334. The molecule has 1 aromatic rings. The number of nitrogens with one attached hydrogen (secondary N) is 1. The van der Waals surface area contributed by atoms with Gasteiger partial charge in [-0.2, -0.15) is 9.90 Å². The second-order valence-electron chi connectivity index (χ2n) is 3.39. The van der Waals surface area contributed by atoms with Crippen LogP contribution < -0.4 is 11.1 Å². The highest BCUT2D eigenvalue weighted by atomic mass is 16.2. The van der Waals surface area contributed by atoms with E-state index in [-0.39, 0.29) is 11.9 Å². The monoisotopic (exact) mass is 195 g/mol. The van der Waals surface area contributed by atoms with Crippen LogP contribution in [0, 0.1) is 0 Å². The van der Waals surface area contributed by atoms with E-state index in [1.807, 2.05) is 0 Å². The smallest absolute Gasteiger partial charge is 0.246 e. The molecular formula is C8H13N5O. The lowest BCUT2D eigenvalue weighted by atomic mass is 10.1. The number of rotatable bonds is 1. The highest BCUT2D eigenvalue weighted by Crippen LogP contribution is 2.16. The van der Waals surface area contributed by atoms with Crippen LogP contribution in [0.5, 0.6) is 0 Å². The van der Waals surface area contributed by atoms with E-state index < -0.39 is 0 Å². The van der Waals surface area contributed by atoms with Crippen molar-refractivity contribution >= 4 is 11.7 Å². The van der Waals surface area contributed by atoms with Crippen molar-refractivity contribution in [2.45, 2.75) is 25.3 Å². The zero-order chi connectivity index (χ0) is 9.97. The second-order valence-corrected chi connectivity index (χ2v) is 3.39. The van der Waals surface area contributed by atoms with Gasteiger partial charge in [-0.3, -0.25) is 4.79 Å². The van der Waals surface area contributed by atoms with Crippen molar-refractivity contribution in [1.82, 2.24) is 20.3 Å². The summed E-state index contributed by atoms with van der Waals surface area (Å²) in [7, 11) is 0. The maximum atomic E-state index is 11.6. The summed E-state index contributed by atoms with van der Waals surface area (Å²) in [6.07, 6.45) is 4.25. The van der Waals surface area contributed by atoms with Gasteiger partial charge in [0.25, 0.3) is 0 Å². The van der Waals surface area contributed by atoms with Crippen molar-refractivity contribution in [3.63, 3.8) is 0 Å². The largest absolute Gasteiger partial charge is 0.381 e. The third kappa shape index (κ3) is 1.68. The SMILES string of the molecule is Nc1cnn(C2CCCCNC2=O)n1. The van der Waals surface area contributed by atoms with Crippen molar-refractivity contribution in [1.29, 1.82) is 0 Å². The normalized spacial score (nSPS) is 22.9. The predicted molar refractivity (Wildman–Crippen MR) is 50.3 cm³/mol. The molecule has 1 atom stereocenters. The lowest BCUT2D eigenvalue weighted by Gasteiger charge is -2.11. The molecule has 2 rings (SSSR count). The second kappa shape index (κ2) is 3.65. The molecule has 0 spiro atoms. The van der Waals surface area contributed by atoms with Crippen LogP contribution in [0.3, 0.4) is 0 Å². The van der Waals surface area contributed by atoms with E-state index in [0.717, 1.165) is 25.8 Å². The lowest BCUT2D eigenvalue weighted by molar-refractivity contribution is -0.124. The molecule has 6 nitrogen and oxygen atoms in total. The molecule has 76 valence electrons. The van der Waals surface area contributed by atoms with Crippen molar-refractivity contribution in [2.24, 2.45) is 0 Å². The first kappa shape index (κ1) is 8.98. The summed E-state index contributed by atoms with van der Waals surface area (Å²) in [4.78, 5) is 13.0. The Hall–Kier alpha value is -1.59. The highest BCUT2D eigenvalue weighted by molar-refractivity contribution is 5.80. The Morgan fingerprint density at radius 1 is 1.57 bits per heavy atom. The van der Waals surface area contributed by atoms with Gasteiger partial charge in [0, 0.05) is 6.54 Å². The highest BCUT2D eigenvalue weighted by Gasteiger charge is 2.23. The maximum Gasteiger partial charge on any atom is 0.246 e. The van der Waals surface area contributed by atoms with Gasteiger partial charge in [0.2, 0.25) is 5.91 Å². The molecule has 3 N–H and O–H groups in total. The number of hydrogen-bond acceptors (Lipinski definition) is 4. The fourth-order valence-corrected chi connectivity index (χ4v) is 1.58. The zero-order valence-electron chi connectivity index (χ0n) is 7.81. The standard InChI is InChI=1S/C8H13N5O/c9-7-5-11-13(12-7)6-3-1-2-4-10-8(6)14/h5-6H,1-4H2,(H2,9,12)(H,10,14). The number of nitrogen functional groups attached to an aromatic ring is 1. The number of amides is 1. The molecule has 1 aromatic heterocycles. The molecule has 1 unspecified atom stereocenters. The van der Waals surface area contributed by atoms with Crippen LogP contribution in [0.4, 0.5) is 5.82 Å². The van der Waals surface area contributed by atoms with Crippen LogP contribution in [-0.2, 0) is 4.79 Å². The topological polar surface area (TPSA) is 85.8 Å². The van der Waals surface area contributed by atoms with Gasteiger partial charge in [-0.25, -0.2) is 0 Å². The molecule has 0 saturated carbocycles. The summed E-state index contributed by atoms with van der Waals surface area (Å²) in [5.74, 6) is 0.333. The minimum absolute atomic E-state index is 0.0156. The van der Waals surface area contributed by atoms with E-state index in [2.05, 4.69) is 15.5 Å². The molecule has 1 fully saturated rings. The number of carbonyl (C=O) groups excluding carboxylic acids is 1. The third-order valence-electron chi connectivity index (χ3n) is 2.31. The number of hydrogen-bond donors (Lipinski definition) is 2. The first-order valence-corrected chi connectivity index (χ1v) is 4.72. The summed E-state index contributed by atoms with van der Waals surface area (Å²) in [5, 5.41) is 10.7. The van der Waals surface area contributed by atoms with Crippen LogP contribution in [0.2, 0.25) is 0 Å². The molecule has 0 aliphatic carbocycles. The number of aromatic nitrogens is 3. The molecule has 1 aliphatic heterocycles. The summed E-state index contributed by atoms with van der Waals surface area (Å²) in [6, 6.07) is -0.296. The minimum Gasteiger partial charge on any atom is -0.381 e. The summed E-state index contributed by atoms with van der Waals surface area (Å²) >= 11 is 0. The van der Waals surface area contributed by atoms with Gasteiger partial charge in [0.05, 0.1) is 6.20 Å². The van der Waals surface area contributed by atoms with Crippen LogP contribution >= 0.6 is 0 Å². The molecule has 2 heterocycles. The van der Waals surface area contributed by atoms with Gasteiger partial charge in [-0.05, 0) is 19.3 Å². The van der Waals surface area contributed by atoms with Crippen molar-refractivity contribution in [3.8, 4) is 0 Å². The lowest BCUT2D eigenvalue weighted by Crippen LogP contribution is -2.31. The Morgan fingerprint density at radius 2 is 2.43 bits per heavy atom. The van der Waals surface area contributed by atoms with E-state index >= 15 is 0 Å². The number of carbonyl (C=O) groups is 1. The zero-order valence-corrected chi connectivity index (χ0v) is 7.81. The Balaban J connectivity index is 2.18. The molecule has 14 heavy (non-hydrogen) atoms. The van der Waals surface area contributed by atoms with Gasteiger partial charge in [-0.15, -0.1) is 5.10 Å². The molecular weight excluding hydrogens is 182 g/mol. The molecule has 1 saturated heterocycles. The van der Waals surface area contributed by atoms with Gasteiger partial charge in [0.15, 0.2) is 5.82 Å². The number of nitrogens with two attached hydrogens (primary N) is 1. The van der Waals surface area contributed by atoms with Crippen molar-refractivity contribution in [2.75, 3.05) is 12.3 Å². The average Bonchev–Trinajstić information content (AvgIpc) is 2.46. The van der Waals surface area contributed by atoms with Gasteiger partial charge >= 0.3 is 0 Å². The molecule has 1 amide bonds. The molecule has 6 heteroatoms. The molecule has 0 aromatic carbocycles. The van der Waals surface area contributed by atoms with E-state index in [9.17, 15) is 4.79 Å². The summed E-state index contributed by atoms with van der Waals surface area (Å²) in [6.45, 7) is 0.742. The Morgan fingerprint density at radius 3 is 3.14 bits per heavy atom. The number of nitrogens with zero attached hydrogens (tertiary/aromatic N) is 3. The van der Waals surface area contributed by atoms with E-state index in [4.69, 9.17) is 5.73 Å². The fourth-order valence-electron chi connectivity index (χ4n) is 1.58. The first-order valence-electron chi connectivity index (χ1n) is 4.72. The summed E-state index contributed by atoms with van der Waals surface area (Å²) < 4.78 is 0. The molecule has 0 radical (unpaired) electrons. The van der Waals surface area contributed by atoms with Crippen LogP contribution in [-0.4, -0.2) is 27.4 Å².